The van der Waals surface area contributed by atoms with Gasteiger partial charge >= 0.3 is 41.5 Å². The first-order valence-corrected chi connectivity index (χ1v) is 7.75. The van der Waals surface area contributed by atoms with E-state index < -0.39 is 0 Å². The van der Waals surface area contributed by atoms with Crippen LogP contribution in [0.2, 0.25) is 0 Å². The molecule has 0 aliphatic carbocycles. The minimum absolute atomic E-state index is 0. The van der Waals surface area contributed by atoms with E-state index in [1.807, 2.05) is 0 Å². The zero-order chi connectivity index (χ0) is 13.1. The summed E-state index contributed by atoms with van der Waals surface area (Å²) in [4.78, 5) is 22.8. The molecular formula is C13H24INaO3. The second-order valence-electron chi connectivity index (χ2n) is 4.21. The van der Waals surface area contributed by atoms with E-state index in [0.717, 1.165) is 44.9 Å². The third-order valence-corrected chi connectivity index (χ3v) is 3.65. The maximum atomic E-state index is 11.5. The molecule has 0 aromatic rings. The van der Waals surface area contributed by atoms with Crippen LogP contribution in [0.25, 0.3) is 0 Å². The van der Waals surface area contributed by atoms with Crippen LogP contribution in [-0.2, 0) is 14.3 Å². The Labute approximate surface area is 146 Å². The van der Waals surface area contributed by atoms with Gasteiger partial charge < -0.3 is 4.74 Å². The number of hydrogen-bond donors (Lipinski definition) is 0. The molecular weight excluding hydrogens is 354 g/mol. The van der Waals surface area contributed by atoms with Crippen LogP contribution in [0.4, 0.5) is 0 Å². The van der Waals surface area contributed by atoms with Crippen molar-refractivity contribution in [2.24, 2.45) is 0 Å². The van der Waals surface area contributed by atoms with Crippen LogP contribution in [-0.4, -0.2) is 45.4 Å². The van der Waals surface area contributed by atoms with Gasteiger partial charge in [0, 0.05) is 6.42 Å². The molecule has 102 valence electrons. The third-order valence-electron chi connectivity index (χ3n) is 2.52. The van der Waals surface area contributed by atoms with Gasteiger partial charge in [-0.2, -0.15) is 0 Å². The third kappa shape index (κ3) is 11.9. The summed E-state index contributed by atoms with van der Waals surface area (Å²) in [6, 6.07) is 0. The van der Waals surface area contributed by atoms with Gasteiger partial charge in [0.2, 0.25) is 0 Å². The van der Waals surface area contributed by atoms with E-state index in [-0.39, 0.29) is 45.4 Å². The van der Waals surface area contributed by atoms with Crippen molar-refractivity contribution in [3.8, 4) is 0 Å². The van der Waals surface area contributed by atoms with E-state index >= 15 is 0 Å². The van der Waals surface area contributed by atoms with Crippen molar-refractivity contribution in [2.75, 3.05) is 0 Å². The molecule has 0 heterocycles. The van der Waals surface area contributed by atoms with Crippen LogP contribution in [0.5, 0.6) is 0 Å². The summed E-state index contributed by atoms with van der Waals surface area (Å²) in [7, 11) is 0. The molecule has 0 amide bonds. The zero-order valence-electron chi connectivity index (χ0n) is 10.8. The summed E-state index contributed by atoms with van der Waals surface area (Å²) in [5, 5.41) is 0. The number of halogens is 1. The van der Waals surface area contributed by atoms with E-state index in [4.69, 9.17) is 4.74 Å². The summed E-state index contributed by atoms with van der Waals surface area (Å²) in [5.41, 5.74) is 0. The number of esters is 2. The van der Waals surface area contributed by atoms with Crippen molar-refractivity contribution in [1.29, 1.82) is 0 Å². The predicted molar refractivity (Wildman–Crippen MR) is 84.3 cm³/mol. The van der Waals surface area contributed by atoms with Crippen molar-refractivity contribution in [2.45, 2.75) is 69.1 Å². The van der Waals surface area contributed by atoms with Gasteiger partial charge in [-0.25, -0.2) is 0 Å². The van der Waals surface area contributed by atoms with E-state index in [2.05, 4.69) is 36.4 Å². The average Bonchev–Trinajstić information content (AvgIpc) is 2.29. The summed E-state index contributed by atoms with van der Waals surface area (Å²) in [5.74, 6) is -0.746. The molecule has 0 radical (unpaired) electrons. The molecule has 0 aromatic heterocycles. The van der Waals surface area contributed by atoms with Gasteiger partial charge in [0.05, 0.1) is 0 Å². The van der Waals surface area contributed by atoms with Gasteiger partial charge in [0.25, 0.3) is 0 Å². The van der Waals surface area contributed by atoms with Crippen LogP contribution in [0.1, 0.15) is 65.2 Å². The number of hydrogen-bond acceptors (Lipinski definition) is 3. The van der Waals surface area contributed by atoms with Crippen LogP contribution < -0.4 is 0 Å². The molecule has 5 heteroatoms. The first-order chi connectivity index (χ1) is 8.11. The molecule has 0 fully saturated rings. The quantitative estimate of drug-likeness (QED) is 0.154. The first kappa shape index (κ1) is 21.2. The topological polar surface area (TPSA) is 43.4 Å². The Morgan fingerprint density at radius 1 is 1.06 bits per heavy atom. The Kier molecular flexibility index (Phi) is 16.8. The molecule has 0 saturated heterocycles. The van der Waals surface area contributed by atoms with E-state index in [0.29, 0.717) is 6.42 Å². The maximum absolute atomic E-state index is 11.5. The second kappa shape index (κ2) is 14.3. The Hall–Kier alpha value is 0.870. The monoisotopic (exact) mass is 378 g/mol. The predicted octanol–water partition coefficient (Wildman–Crippen LogP) is 3.37. The number of rotatable bonds is 9. The van der Waals surface area contributed by atoms with Crippen molar-refractivity contribution < 1.29 is 14.3 Å². The zero-order valence-corrected chi connectivity index (χ0v) is 13.0. The van der Waals surface area contributed by atoms with Gasteiger partial charge in [0.1, 0.15) is 3.92 Å². The van der Waals surface area contributed by atoms with Crippen molar-refractivity contribution in [3.05, 3.63) is 0 Å². The molecule has 1 atom stereocenters. The first-order valence-electron chi connectivity index (χ1n) is 6.50. The molecule has 0 rings (SSSR count). The van der Waals surface area contributed by atoms with E-state index in [1.54, 1.807) is 0 Å². The molecule has 0 aliphatic heterocycles. The number of alkyl halides is 1. The summed E-state index contributed by atoms with van der Waals surface area (Å²) in [6.07, 6.45) is 7.31. The average molecular weight is 378 g/mol. The molecule has 3 nitrogen and oxygen atoms in total. The molecule has 1 unspecified atom stereocenters. The summed E-state index contributed by atoms with van der Waals surface area (Å²) in [6.45, 7) is 4.20. The molecule has 0 saturated carbocycles. The molecule has 0 spiro atoms. The Balaban J connectivity index is 0. The van der Waals surface area contributed by atoms with Crippen LogP contribution in [0.3, 0.4) is 0 Å². The fourth-order valence-electron chi connectivity index (χ4n) is 1.44. The van der Waals surface area contributed by atoms with Crippen molar-refractivity contribution in [3.63, 3.8) is 0 Å². The summed E-state index contributed by atoms with van der Waals surface area (Å²) < 4.78 is 4.62. The fourth-order valence-corrected chi connectivity index (χ4v) is 2.01. The second-order valence-corrected chi connectivity index (χ2v) is 5.72. The Bertz CT molecular complexity index is 234. The molecule has 0 bridgehead atoms. The summed E-state index contributed by atoms with van der Waals surface area (Å²) >= 11 is 2.06. The number of ether oxygens (including phenoxy) is 1. The standard InChI is InChI=1S/C13H23IO3.Na.H/c1-3-5-7-9-11(14)13(16)17-12(15)10-8-6-4-2;;/h11H,3-10H2,1-2H3;;. The number of carbonyl (C=O) groups is 2. The van der Waals surface area contributed by atoms with Crippen molar-refractivity contribution >= 4 is 64.1 Å². The van der Waals surface area contributed by atoms with Gasteiger partial charge in [0.15, 0.2) is 0 Å². The molecule has 0 aliphatic rings. The van der Waals surface area contributed by atoms with Crippen LogP contribution >= 0.6 is 22.6 Å². The van der Waals surface area contributed by atoms with E-state index in [1.165, 1.54) is 0 Å². The molecule has 0 N–H and O–H groups in total. The van der Waals surface area contributed by atoms with Crippen LogP contribution in [0, 0.1) is 0 Å². The van der Waals surface area contributed by atoms with Crippen molar-refractivity contribution in [1.82, 2.24) is 0 Å². The van der Waals surface area contributed by atoms with E-state index in [9.17, 15) is 9.59 Å². The molecule has 18 heavy (non-hydrogen) atoms. The molecule has 0 aromatic carbocycles. The van der Waals surface area contributed by atoms with Crippen LogP contribution in [0.15, 0.2) is 0 Å². The van der Waals surface area contributed by atoms with Gasteiger partial charge in [-0.15, -0.1) is 0 Å². The Morgan fingerprint density at radius 2 is 1.61 bits per heavy atom. The van der Waals surface area contributed by atoms with Gasteiger partial charge in [-0.1, -0.05) is 68.5 Å². The number of unbranched alkanes of at least 4 members (excludes halogenated alkanes) is 4. The normalized spacial score (nSPS) is 11.5. The Morgan fingerprint density at radius 3 is 2.17 bits per heavy atom. The fraction of sp³-hybridized carbons (Fsp3) is 0.846. The van der Waals surface area contributed by atoms with Gasteiger partial charge in [-0.3, -0.25) is 9.59 Å². The SMILES string of the molecule is CCCCCC(=O)OC(=O)C(I)CCCCC.[NaH]. The minimum atomic E-state index is -0.374. The number of carbonyl (C=O) groups excluding carboxylic acids is 2. The van der Waals surface area contributed by atoms with Gasteiger partial charge in [-0.05, 0) is 12.8 Å².